The van der Waals surface area contributed by atoms with Gasteiger partial charge in [0.25, 0.3) is 0 Å². The summed E-state index contributed by atoms with van der Waals surface area (Å²) >= 11 is 0. The van der Waals surface area contributed by atoms with Crippen LogP contribution in [0.15, 0.2) is 0 Å². The number of nitrogens with one attached hydrogen (secondary N) is 1. The van der Waals surface area contributed by atoms with Crippen LogP contribution in [0.1, 0.15) is 12.8 Å². The lowest BCUT2D eigenvalue weighted by atomic mass is 9.89. The standard InChI is InChI=1S/C11H20N4O2/c1-14(2)10(17)15-6-3-11(9-12,4-7-15)13-5-8-16/h13,16H,3-8H2,1-2H3. The molecule has 1 aliphatic heterocycles. The summed E-state index contributed by atoms with van der Waals surface area (Å²) in [6.07, 6.45) is 1.20. The van der Waals surface area contributed by atoms with Crippen molar-refractivity contribution in [3.05, 3.63) is 0 Å². The molecule has 0 spiro atoms. The number of hydrogen-bond donors (Lipinski definition) is 2. The summed E-state index contributed by atoms with van der Waals surface area (Å²) in [7, 11) is 3.44. The second-order valence-electron chi connectivity index (χ2n) is 4.51. The van der Waals surface area contributed by atoms with E-state index in [1.54, 1.807) is 23.9 Å². The van der Waals surface area contributed by atoms with Gasteiger partial charge >= 0.3 is 6.03 Å². The van der Waals surface area contributed by atoms with E-state index in [0.717, 1.165) is 0 Å². The second-order valence-corrected chi connectivity index (χ2v) is 4.51. The molecule has 17 heavy (non-hydrogen) atoms. The van der Waals surface area contributed by atoms with Gasteiger partial charge in [-0.15, -0.1) is 0 Å². The topological polar surface area (TPSA) is 79.6 Å². The summed E-state index contributed by atoms with van der Waals surface area (Å²) in [5.74, 6) is 0. The van der Waals surface area contributed by atoms with Crippen LogP contribution in [0.5, 0.6) is 0 Å². The molecule has 6 heteroatoms. The number of hydrogen-bond acceptors (Lipinski definition) is 4. The Morgan fingerprint density at radius 2 is 2.12 bits per heavy atom. The van der Waals surface area contributed by atoms with E-state index in [9.17, 15) is 10.1 Å². The highest BCUT2D eigenvalue weighted by molar-refractivity contribution is 5.74. The predicted molar refractivity (Wildman–Crippen MR) is 63.3 cm³/mol. The summed E-state index contributed by atoms with van der Waals surface area (Å²) in [5.41, 5.74) is -0.591. The number of likely N-dealkylation sites (tertiary alicyclic amines) is 1. The summed E-state index contributed by atoms with van der Waals surface area (Å²) in [6, 6.07) is 2.25. The first-order chi connectivity index (χ1) is 8.04. The van der Waals surface area contributed by atoms with E-state index in [4.69, 9.17) is 5.11 Å². The number of β-amino-alcohol motifs (C(OH)–C–C–N with tert-alkyl or cyclic N) is 1. The van der Waals surface area contributed by atoms with E-state index in [2.05, 4.69) is 11.4 Å². The van der Waals surface area contributed by atoms with Crippen LogP contribution in [-0.4, -0.2) is 66.8 Å². The van der Waals surface area contributed by atoms with Crippen LogP contribution >= 0.6 is 0 Å². The number of nitriles is 1. The van der Waals surface area contributed by atoms with Crippen molar-refractivity contribution in [1.29, 1.82) is 5.26 Å². The largest absolute Gasteiger partial charge is 0.395 e. The van der Waals surface area contributed by atoms with Crippen LogP contribution in [0, 0.1) is 11.3 Å². The number of aliphatic hydroxyl groups is 1. The Balaban J connectivity index is 2.54. The van der Waals surface area contributed by atoms with Crippen molar-refractivity contribution < 1.29 is 9.90 Å². The summed E-state index contributed by atoms with van der Waals surface area (Å²) < 4.78 is 0. The minimum Gasteiger partial charge on any atom is -0.395 e. The van der Waals surface area contributed by atoms with E-state index in [0.29, 0.717) is 32.5 Å². The Bertz CT molecular complexity index is 303. The first-order valence-corrected chi connectivity index (χ1v) is 5.78. The summed E-state index contributed by atoms with van der Waals surface area (Å²) in [5, 5.41) is 21.0. The van der Waals surface area contributed by atoms with Gasteiger partial charge in [0.15, 0.2) is 0 Å². The fraction of sp³-hybridized carbons (Fsp3) is 0.818. The predicted octanol–water partition coefficient (Wildman–Crippen LogP) is -0.392. The van der Waals surface area contributed by atoms with E-state index < -0.39 is 5.54 Å². The van der Waals surface area contributed by atoms with Crippen LogP contribution < -0.4 is 5.32 Å². The fourth-order valence-electron chi connectivity index (χ4n) is 1.99. The van der Waals surface area contributed by atoms with E-state index >= 15 is 0 Å². The molecule has 2 amide bonds. The highest BCUT2D eigenvalue weighted by Crippen LogP contribution is 2.21. The maximum absolute atomic E-state index is 11.7. The molecule has 96 valence electrons. The van der Waals surface area contributed by atoms with Crippen LogP contribution in [0.2, 0.25) is 0 Å². The highest BCUT2D eigenvalue weighted by atomic mass is 16.3. The first-order valence-electron chi connectivity index (χ1n) is 5.78. The Labute approximate surface area is 102 Å². The van der Waals surface area contributed by atoms with E-state index in [1.165, 1.54) is 0 Å². The molecule has 0 aromatic rings. The maximum Gasteiger partial charge on any atom is 0.319 e. The average Bonchev–Trinajstić information content (AvgIpc) is 2.36. The van der Waals surface area contributed by atoms with Crippen molar-refractivity contribution in [3.8, 4) is 6.07 Å². The normalized spacial score (nSPS) is 18.6. The molecule has 2 N–H and O–H groups in total. The Morgan fingerprint density at radius 1 is 1.53 bits per heavy atom. The van der Waals surface area contributed by atoms with Gasteiger partial charge in [0, 0.05) is 33.7 Å². The van der Waals surface area contributed by atoms with Gasteiger partial charge in [-0.25, -0.2) is 4.79 Å². The molecule has 0 aliphatic carbocycles. The van der Waals surface area contributed by atoms with Crippen LogP contribution in [0.3, 0.4) is 0 Å². The number of rotatable bonds is 3. The molecule has 6 nitrogen and oxygen atoms in total. The van der Waals surface area contributed by atoms with Gasteiger partial charge in [0.1, 0.15) is 5.54 Å². The van der Waals surface area contributed by atoms with Gasteiger partial charge in [-0.1, -0.05) is 0 Å². The molecule has 0 aromatic carbocycles. The van der Waals surface area contributed by atoms with Crippen molar-refractivity contribution in [2.75, 3.05) is 40.3 Å². The average molecular weight is 240 g/mol. The lowest BCUT2D eigenvalue weighted by molar-refractivity contribution is 0.138. The molecule has 1 fully saturated rings. The van der Waals surface area contributed by atoms with Gasteiger partial charge in [-0.3, -0.25) is 5.32 Å². The first kappa shape index (κ1) is 13.7. The molecular weight excluding hydrogens is 220 g/mol. The van der Waals surface area contributed by atoms with Gasteiger partial charge in [-0.2, -0.15) is 5.26 Å². The molecule has 0 radical (unpaired) electrons. The fourth-order valence-corrected chi connectivity index (χ4v) is 1.99. The minimum atomic E-state index is -0.591. The smallest absolute Gasteiger partial charge is 0.319 e. The molecule has 0 bridgehead atoms. The second kappa shape index (κ2) is 5.84. The molecule has 0 aromatic heterocycles. The molecule has 1 saturated heterocycles. The molecule has 0 atom stereocenters. The third-order valence-corrected chi connectivity index (χ3v) is 3.06. The number of nitrogens with zero attached hydrogens (tertiary/aromatic N) is 3. The number of carbonyl (C=O) groups is 1. The molecule has 1 aliphatic rings. The molecule has 1 rings (SSSR count). The van der Waals surface area contributed by atoms with Gasteiger partial charge in [0.05, 0.1) is 12.7 Å². The van der Waals surface area contributed by atoms with Crippen molar-refractivity contribution in [2.24, 2.45) is 0 Å². The Morgan fingerprint density at radius 3 is 2.53 bits per heavy atom. The molecular formula is C11H20N4O2. The zero-order valence-corrected chi connectivity index (χ0v) is 10.4. The number of urea groups is 1. The number of amides is 2. The summed E-state index contributed by atoms with van der Waals surface area (Å²) in [4.78, 5) is 15.0. The Kier molecular flexibility index (Phi) is 4.73. The van der Waals surface area contributed by atoms with Crippen LogP contribution in [0.4, 0.5) is 4.79 Å². The molecule has 0 saturated carbocycles. The zero-order valence-electron chi connectivity index (χ0n) is 10.4. The Hall–Kier alpha value is -1.32. The van der Waals surface area contributed by atoms with Gasteiger partial charge in [-0.05, 0) is 12.8 Å². The molecule has 0 unspecified atom stereocenters. The molecule has 1 heterocycles. The van der Waals surface area contributed by atoms with Crippen LogP contribution in [0.25, 0.3) is 0 Å². The number of piperidine rings is 1. The minimum absolute atomic E-state index is 0.0151. The van der Waals surface area contributed by atoms with Crippen molar-refractivity contribution in [2.45, 2.75) is 18.4 Å². The van der Waals surface area contributed by atoms with Crippen LogP contribution in [-0.2, 0) is 0 Å². The monoisotopic (exact) mass is 240 g/mol. The number of carbonyl (C=O) groups excluding carboxylic acids is 1. The van der Waals surface area contributed by atoms with Gasteiger partial charge < -0.3 is 14.9 Å². The van der Waals surface area contributed by atoms with Crippen molar-refractivity contribution >= 4 is 6.03 Å². The van der Waals surface area contributed by atoms with E-state index in [-0.39, 0.29) is 12.6 Å². The maximum atomic E-state index is 11.7. The van der Waals surface area contributed by atoms with Gasteiger partial charge in [0.2, 0.25) is 0 Å². The SMILES string of the molecule is CN(C)C(=O)N1CCC(C#N)(NCCO)CC1. The van der Waals surface area contributed by atoms with E-state index in [1.807, 2.05) is 0 Å². The highest BCUT2D eigenvalue weighted by Gasteiger charge is 2.35. The summed E-state index contributed by atoms with van der Waals surface area (Å²) in [6.45, 7) is 1.57. The van der Waals surface area contributed by atoms with Crippen molar-refractivity contribution in [1.82, 2.24) is 15.1 Å². The third kappa shape index (κ3) is 3.32. The zero-order chi connectivity index (χ0) is 12.9. The lowest BCUT2D eigenvalue weighted by Gasteiger charge is -2.38. The number of aliphatic hydroxyl groups excluding tert-OH is 1. The van der Waals surface area contributed by atoms with Crippen molar-refractivity contribution in [3.63, 3.8) is 0 Å². The third-order valence-electron chi connectivity index (χ3n) is 3.06. The lowest BCUT2D eigenvalue weighted by Crippen LogP contribution is -2.55. The quantitative estimate of drug-likeness (QED) is 0.704.